The van der Waals surface area contributed by atoms with E-state index in [9.17, 15) is 0 Å². The Bertz CT molecular complexity index is 231. The molecule has 86 valence electrons. The lowest BCUT2D eigenvalue weighted by Gasteiger charge is -2.10. The van der Waals surface area contributed by atoms with Crippen molar-refractivity contribution in [2.45, 2.75) is 39.5 Å². The van der Waals surface area contributed by atoms with Crippen molar-refractivity contribution in [1.82, 2.24) is 15.3 Å². The fourth-order valence-corrected chi connectivity index (χ4v) is 1.76. The van der Waals surface area contributed by atoms with E-state index < -0.39 is 0 Å². The maximum Gasteiger partial charge on any atom is 0.106 e. The predicted molar refractivity (Wildman–Crippen MR) is 63.9 cm³/mol. The van der Waals surface area contributed by atoms with Crippen LogP contribution in [-0.4, -0.2) is 23.1 Å². The first-order chi connectivity index (χ1) is 7.33. The molecule has 0 spiro atoms. The summed E-state index contributed by atoms with van der Waals surface area (Å²) in [5, 5.41) is 3.49. The normalized spacial score (nSPS) is 12.9. The lowest BCUT2D eigenvalue weighted by molar-refractivity contribution is 0.472. The summed E-state index contributed by atoms with van der Waals surface area (Å²) in [5.41, 5.74) is 0. The summed E-state index contributed by atoms with van der Waals surface area (Å²) in [7, 11) is 0. The second-order valence-electron chi connectivity index (χ2n) is 4.24. The number of imidazole rings is 1. The predicted octanol–water partition coefficient (Wildman–Crippen LogP) is 2.37. The molecule has 1 aromatic heterocycles. The second-order valence-corrected chi connectivity index (χ2v) is 4.24. The summed E-state index contributed by atoms with van der Waals surface area (Å²) < 4.78 is 0. The highest BCUT2D eigenvalue weighted by Crippen LogP contribution is 2.02. The number of aromatic nitrogens is 2. The van der Waals surface area contributed by atoms with Gasteiger partial charge in [0.25, 0.3) is 0 Å². The zero-order valence-corrected chi connectivity index (χ0v) is 9.92. The zero-order valence-electron chi connectivity index (χ0n) is 9.92. The standard InChI is InChI=1S/C12H23N3/c1-3-5-11(2)10-13-7-4-6-12-14-8-9-15-12/h8-9,11,13H,3-7,10H2,1-2H3,(H,14,15). The fourth-order valence-electron chi connectivity index (χ4n) is 1.76. The maximum absolute atomic E-state index is 4.20. The average Bonchev–Trinajstić information content (AvgIpc) is 2.70. The molecule has 1 unspecified atom stereocenters. The lowest BCUT2D eigenvalue weighted by atomic mass is 10.1. The molecule has 2 N–H and O–H groups in total. The van der Waals surface area contributed by atoms with Crippen molar-refractivity contribution >= 4 is 0 Å². The molecule has 3 nitrogen and oxygen atoms in total. The number of hydrogen-bond donors (Lipinski definition) is 2. The third kappa shape index (κ3) is 5.57. The van der Waals surface area contributed by atoms with Gasteiger partial charge in [-0.2, -0.15) is 0 Å². The first kappa shape index (κ1) is 12.2. The van der Waals surface area contributed by atoms with Gasteiger partial charge in [0.15, 0.2) is 0 Å². The minimum Gasteiger partial charge on any atom is -0.349 e. The Hall–Kier alpha value is -0.830. The molecule has 0 aromatic carbocycles. The first-order valence-corrected chi connectivity index (χ1v) is 6.02. The van der Waals surface area contributed by atoms with E-state index in [1.165, 1.54) is 12.8 Å². The van der Waals surface area contributed by atoms with E-state index in [0.29, 0.717) is 0 Å². The summed E-state index contributed by atoms with van der Waals surface area (Å²) in [6, 6.07) is 0. The summed E-state index contributed by atoms with van der Waals surface area (Å²) >= 11 is 0. The van der Waals surface area contributed by atoms with Gasteiger partial charge < -0.3 is 10.3 Å². The van der Waals surface area contributed by atoms with Gasteiger partial charge in [-0.05, 0) is 31.8 Å². The Balaban J connectivity index is 1.93. The van der Waals surface area contributed by atoms with E-state index in [4.69, 9.17) is 0 Å². The number of nitrogens with one attached hydrogen (secondary N) is 2. The lowest BCUT2D eigenvalue weighted by Crippen LogP contribution is -2.22. The zero-order chi connectivity index (χ0) is 10.9. The van der Waals surface area contributed by atoms with Gasteiger partial charge in [-0.25, -0.2) is 4.98 Å². The van der Waals surface area contributed by atoms with Crippen molar-refractivity contribution in [2.75, 3.05) is 13.1 Å². The second kappa shape index (κ2) is 7.46. The Morgan fingerprint density at radius 1 is 1.53 bits per heavy atom. The molecule has 0 amide bonds. The van der Waals surface area contributed by atoms with E-state index in [1.54, 1.807) is 0 Å². The highest BCUT2D eigenvalue weighted by Gasteiger charge is 1.99. The van der Waals surface area contributed by atoms with Crippen LogP contribution in [-0.2, 0) is 6.42 Å². The molecule has 3 heteroatoms. The van der Waals surface area contributed by atoms with Crippen LogP contribution in [0.5, 0.6) is 0 Å². The molecule has 0 saturated carbocycles. The van der Waals surface area contributed by atoms with Gasteiger partial charge in [-0.15, -0.1) is 0 Å². The monoisotopic (exact) mass is 209 g/mol. The van der Waals surface area contributed by atoms with Crippen LogP contribution in [0.15, 0.2) is 12.4 Å². The number of nitrogens with zero attached hydrogens (tertiary/aromatic N) is 1. The largest absolute Gasteiger partial charge is 0.349 e. The summed E-state index contributed by atoms with van der Waals surface area (Å²) in [6.07, 6.45) is 8.51. The van der Waals surface area contributed by atoms with Crippen molar-refractivity contribution in [3.05, 3.63) is 18.2 Å². The van der Waals surface area contributed by atoms with Gasteiger partial charge in [-0.1, -0.05) is 20.3 Å². The molecule has 0 aliphatic heterocycles. The van der Waals surface area contributed by atoms with E-state index in [-0.39, 0.29) is 0 Å². The van der Waals surface area contributed by atoms with Crippen LogP contribution in [0.25, 0.3) is 0 Å². The molecule has 0 saturated heterocycles. The van der Waals surface area contributed by atoms with Crippen molar-refractivity contribution in [1.29, 1.82) is 0 Å². The Labute approximate surface area is 92.7 Å². The molecule has 0 radical (unpaired) electrons. The smallest absolute Gasteiger partial charge is 0.106 e. The number of rotatable bonds is 8. The minimum atomic E-state index is 0.804. The molecular weight excluding hydrogens is 186 g/mol. The first-order valence-electron chi connectivity index (χ1n) is 6.02. The molecule has 1 aromatic rings. The summed E-state index contributed by atoms with van der Waals surface area (Å²) in [6.45, 7) is 6.79. The Kier molecular flexibility index (Phi) is 6.09. The van der Waals surface area contributed by atoms with Crippen LogP contribution in [0.2, 0.25) is 0 Å². The Morgan fingerprint density at radius 3 is 3.07 bits per heavy atom. The van der Waals surface area contributed by atoms with E-state index >= 15 is 0 Å². The van der Waals surface area contributed by atoms with Crippen LogP contribution in [0.3, 0.4) is 0 Å². The number of aryl methyl sites for hydroxylation is 1. The average molecular weight is 209 g/mol. The third-order valence-electron chi connectivity index (χ3n) is 2.60. The molecular formula is C12H23N3. The fraction of sp³-hybridized carbons (Fsp3) is 0.750. The molecule has 1 rings (SSSR count). The topological polar surface area (TPSA) is 40.7 Å². The van der Waals surface area contributed by atoms with Crippen molar-refractivity contribution in [2.24, 2.45) is 5.92 Å². The molecule has 1 heterocycles. The number of H-pyrrole nitrogens is 1. The minimum absolute atomic E-state index is 0.804. The van der Waals surface area contributed by atoms with Crippen molar-refractivity contribution < 1.29 is 0 Å². The van der Waals surface area contributed by atoms with Crippen molar-refractivity contribution in [3.8, 4) is 0 Å². The van der Waals surface area contributed by atoms with Crippen LogP contribution in [0.4, 0.5) is 0 Å². The maximum atomic E-state index is 4.20. The Morgan fingerprint density at radius 2 is 2.40 bits per heavy atom. The van der Waals surface area contributed by atoms with Gasteiger partial charge in [0.1, 0.15) is 5.82 Å². The molecule has 0 bridgehead atoms. The van der Waals surface area contributed by atoms with Gasteiger partial charge >= 0.3 is 0 Å². The number of aromatic amines is 1. The van der Waals surface area contributed by atoms with E-state index in [2.05, 4.69) is 29.1 Å². The van der Waals surface area contributed by atoms with E-state index in [1.807, 2.05) is 12.4 Å². The molecule has 0 fully saturated rings. The summed E-state index contributed by atoms with van der Waals surface area (Å²) in [4.78, 5) is 7.31. The van der Waals surface area contributed by atoms with Gasteiger partial charge in [0.2, 0.25) is 0 Å². The highest BCUT2D eigenvalue weighted by molar-refractivity contribution is 4.86. The van der Waals surface area contributed by atoms with Crippen LogP contribution in [0, 0.1) is 5.92 Å². The molecule has 0 aliphatic rings. The molecule has 0 aliphatic carbocycles. The molecule has 15 heavy (non-hydrogen) atoms. The van der Waals surface area contributed by atoms with Crippen molar-refractivity contribution in [3.63, 3.8) is 0 Å². The van der Waals surface area contributed by atoms with Gasteiger partial charge in [-0.3, -0.25) is 0 Å². The van der Waals surface area contributed by atoms with Crippen LogP contribution in [0.1, 0.15) is 38.9 Å². The molecule has 1 atom stereocenters. The quantitative estimate of drug-likeness (QED) is 0.645. The summed E-state index contributed by atoms with van der Waals surface area (Å²) in [5.74, 6) is 1.90. The van der Waals surface area contributed by atoms with Gasteiger partial charge in [0, 0.05) is 18.8 Å². The highest BCUT2D eigenvalue weighted by atomic mass is 14.9. The van der Waals surface area contributed by atoms with Crippen LogP contribution >= 0.6 is 0 Å². The SMILES string of the molecule is CCCC(C)CNCCCc1ncc[nH]1. The number of hydrogen-bond acceptors (Lipinski definition) is 2. The van der Waals surface area contributed by atoms with E-state index in [0.717, 1.165) is 37.7 Å². The van der Waals surface area contributed by atoms with Gasteiger partial charge in [0.05, 0.1) is 0 Å². The van der Waals surface area contributed by atoms with Crippen LogP contribution < -0.4 is 5.32 Å². The third-order valence-corrected chi connectivity index (χ3v) is 2.60.